The molecule has 0 aliphatic rings. The van der Waals surface area contributed by atoms with Crippen molar-refractivity contribution in [3.63, 3.8) is 0 Å². The first-order chi connectivity index (χ1) is 35.3. The Bertz CT molecular complexity index is 2210. The molecule has 0 saturated carbocycles. The largest absolute Gasteiger partial charge is 0.481 e. The molecular formula is C51H76O22P2. The van der Waals surface area contributed by atoms with E-state index in [9.17, 15) is 52.9 Å². The van der Waals surface area contributed by atoms with E-state index in [4.69, 9.17) is 51.3 Å². The van der Waals surface area contributed by atoms with Crippen molar-refractivity contribution in [2.24, 2.45) is 22.7 Å². The number of rotatable bonds is 36. The number of methoxy groups -OCH3 is 1. The lowest BCUT2D eigenvalue weighted by molar-refractivity contribution is -0.162. The van der Waals surface area contributed by atoms with Gasteiger partial charge in [-0.3, -0.25) is 42.4 Å². The van der Waals surface area contributed by atoms with Gasteiger partial charge in [-0.25, -0.2) is 9.36 Å². The molecule has 0 aliphatic carbocycles. The van der Waals surface area contributed by atoms with Crippen LogP contribution in [-0.2, 0) is 80.1 Å². The van der Waals surface area contributed by atoms with Gasteiger partial charge in [-0.05, 0) is 105 Å². The fourth-order valence-electron chi connectivity index (χ4n) is 6.38. The van der Waals surface area contributed by atoms with Crippen molar-refractivity contribution in [1.29, 1.82) is 0 Å². The van der Waals surface area contributed by atoms with Crippen LogP contribution in [0.1, 0.15) is 142 Å². The second kappa shape index (κ2) is 32.9. The maximum absolute atomic E-state index is 14.8. The van der Waals surface area contributed by atoms with Gasteiger partial charge in [-0.2, -0.15) is 0 Å². The number of para-hydroxylation sites is 2. The van der Waals surface area contributed by atoms with Gasteiger partial charge in [0, 0.05) is 12.8 Å². The van der Waals surface area contributed by atoms with Crippen molar-refractivity contribution in [1.82, 2.24) is 0 Å². The molecule has 0 heterocycles. The third-order valence-electron chi connectivity index (χ3n) is 10.6. The summed E-state index contributed by atoms with van der Waals surface area (Å²) < 4.78 is 88.1. The standard InChI is InChI=1S/C51H76O22P2/c1-10-12-29-66-46(57)38-21-15-17-23-40(38)72-75(62,33-36(44(55)63-9)25-27-42(52)53)73-41-24-18-16-22-39(41)47(58)67-31-20-14-13-19-30-65-43(54)28-26-37(45(56)64-11-2)32-74(61,70-34-68-48(59)50(3,4)5)71-35-69-49(60)51(6,7)8/h15-18,21-24,36-37,47,58H,10-14,19-20,25-35H2,1-9H3,(H,52,53). The van der Waals surface area contributed by atoms with Gasteiger partial charge in [0.05, 0.1) is 74.1 Å². The summed E-state index contributed by atoms with van der Waals surface area (Å²) in [6.45, 7) is 11.6. The van der Waals surface area contributed by atoms with Crippen LogP contribution in [0.5, 0.6) is 11.5 Å². The number of hydrogen-bond acceptors (Lipinski definition) is 21. The molecule has 0 spiro atoms. The average Bonchev–Trinajstić information content (AvgIpc) is 3.34. The van der Waals surface area contributed by atoms with Crippen LogP contribution >= 0.6 is 15.2 Å². The fraction of sp³-hybridized carbons (Fsp3) is 0.627. The van der Waals surface area contributed by atoms with Crippen molar-refractivity contribution < 1.29 is 104 Å². The molecule has 422 valence electrons. The summed E-state index contributed by atoms with van der Waals surface area (Å²) in [6, 6.07) is 11.8. The predicted octanol–water partition coefficient (Wildman–Crippen LogP) is 9.34. The lowest BCUT2D eigenvalue weighted by Gasteiger charge is -2.26. The molecule has 0 saturated heterocycles. The van der Waals surface area contributed by atoms with Crippen LogP contribution < -0.4 is 9.05 Å². The van der Waals surface area contributed by atoms with Gasteiger partial charge in [0.2, 0.25) is 13.6 Å². The molecule has 2 rings (SSSR count). The molecule has 0 aromatic heterocycles. The van der Waals surface area contributed by atoms with Crippen LogP contribution in [0.2, 0.25) is 0 Å². The van der Waals surface area contributed by atoms with E-state index in [-0.39, 0.29) is 68.3 Å². The smallest absolute Gasteiger partial charge is 0.431 e. The first kappa shape index (κ1) is 65.7. The highest BCUT2D eigenvalue weighted by Crippen LogP contribution is 2.53. The van der Waals surface area contributed by atoms with E-state index in [0.717, 1.165) is 13.5 Å². The number of aliphatic hydroxyl groups excluding tert-OH is 1. The molecule has 2 aromatic carbocycles. The topological polar surface area (TPSA) is 296 Å². The lowest BCUT2D eigenvalue weighted by Crippen LogP contribution is -2.27. The predicted molar refractivity (Wildman–Crippen MR) is 269 cm³/mol. The van der Waals surface area contributed by atoms with Gasteiger partial charge in [0.1, 0.15) is 17.1 Å². The van der Waals surface area contributed by atoms with E-state index in [1.165, 1.54) is 36.4 Å². The van der Waals surface area contributed by atoms with E-state index in [2.05, 4.69) is 0 Å². The Morgan fingerprint density at radius 2 is 1.12 bits per heavy atom. The van der Waals surface area contributed by atoms with E-state index in [0.29, 0.717) is 32.1 Å². The third-order valence-corrected chi connectivity index (χ3v) is 14.3. The molecule has 0 aliphatic heterocycles. The molecule has 4 unspecified atom stereocenters. The number of ether oxygens (including phenoxy) is 7. The van der Waals surface area contributed by atoms with Crippen LogP contribution in [0.25, 0.3) is 0 Å². The van der Waals surface area contributed by atoms with Crippen molar-refractivity contribution in [2.45, 2.75) is 126 Å². The summed E-state index contributed by atoms with van der Waals surface area (Å²) in [5, 5.41) is 20.5. The summed E-state index contributed by atoms with van der Waals surface area (Å²) in [7, 11) is -7.83. The quantitative estimate of drug-likeness (QED) is 0.0211. The molecule has 2 aromatic rings. The number of aliphatic carboxylic acids is 1. The maximum Gasteiger partial charge on any atom is 0.431 e. The molecule has 4 atom stereocenters. The number of unbranched alkanes of at least 4 members (excludes halogenated alkanes) is 4. The zero-order chi connectivity index (χ0) is 56.2. The van der Waals surface area contributed by atoms with Gasteiger partial charge >= 0.3 is 57.0 Å². The first-order valence-corrected chi connectivity index (χ1v) is 28.2. The SMILES string of the molecule is CCCCOC(=O)c1ccccc1OP(=O)(CC(CCC(=O)O)C(=O)OC)Oc1ccccc1C(O)OCCCCCCOC(=O)CCC(CP(=O)(OCOC(=O)C(C)(C)C)OCOC(=O)C(C)(C)C)C(=O)OCC. The Kier molecular flexibility index (Phi) is 28.9. The van der Waals surface area contributed by atoms with Gasteiger partial charge in [-0.1, -0.05) is 50.1 Å². The summed E-state index contributed by atoms with van der Waals surface area (Å²) in [6.07, 6.45) is -0.714. The third kappa shape index (κ3) is 25.4. The summed E-state index contributed by atoms with van der Waals surface area (Å²) >= 11 is 0. The number of benzene rings is 2. The van der Waals surface area contributed by atoms with Crippen LogP contribution in [0, 0.1) is 22.7 Å². The highest BCUT2D eigenvalue weighted by Gasteiger charge is 2.39. The first-order valence-electron chi connectivity index (χ1n) is 24.7. The Labute approximate surface area is 439 Å². The number of hydrogen-bond donors (Lipinski definition) is 2. The molecular weight excluding hydrogens is 1030 g/mol. The second-order valence-corrected chi connectivity index (χ2v) is 23.2. The van der Waals surface area contributed by atoms with Gasteiger partial charge in [-0.15, -0.1) is 0 Å². The minimum atomic E-state index is -4.59. The highest BCUT2D eigenvalue weighted by atomic mass is 31.2. The van der Waals surface area contributed by atoms with Crippen LogP contribution in [0.4, 0.5) is 0 Å². The Hall–Kier alpha value is -5.37. The lowest BCUT2D eigenvalue weighted by atomic mass is 9.98. The van der Waals surface area contributed by atoms with Crippen LogP contribution in [0.3, 0.4) is 0 Å². The zero-order valence-electron chi connectivity index (χ0n) is 44.5. The van der Waals surface area contributed by atoms with Gasteiger partial charge in [0.25, 0.3) is 0 Å². The molecule has 0 bridgehead atoms. The Balaban J connectivity index is 2.06. The minimum absolute atomic E-state index is 0.0277. The molecule has 0 fully saturated rings. The number of carbonyl (C=O) groups is 7. The molecule has 24 heteroatoms. The number of aliphatic hydroxyl groups is 1. The van der Waals surface area contributed by atoms with Crippen molar-refractivity contribution in [3.8, 4) is 11.5 Å². The maximum atomic E-state index is 14.8. The van der Waals surface area contributed by atoms with Crippen LogP contribution in [-0.4, -0.2) is 111 Å². The summed E-state index contributed by atoms with van der Waals surface area (Å²) in [5.74, 6) is -8.46. The molecule has 75 heavy (non-hydrogen) atoms. The fourth-order valence-corrected chi connectivity index (χ4v) is 9.95. The van der Waals surface area contributed by atoms with Crippen LogP contribution in [0.15, 0.2) is 48.5 Å². The number of carboxylic acids is 1. The molecule has 2 N–H and O–H groups in total. The monoisotopic (exact) mass is 1100 g/mol. The normalized spacial score (nSPS) is 13.7. The van der Waals surface area contributed by atoms with Crippen molar-refractivity contribution >= 4 is 57.0 Å². The summed E-state index contributed by atoms with van der Waals surface area (Å²) in [5.41, 5.74) is -1.87. The Morgan fingerprint density at radius 3 is 1.69 bits per heavy atom. The molecule has 0 amide bonds. The van der Waals surface area contributed by atoms with E-state index in [1.54, 1.807) is 60.6 Å². The van der Waals surface area contributed by atoms with Gasteiger partial charge < -0.3 is 52.4 Å². The average molecular weight is 1100 g/mol. The molecule has 22 nitrogen and oxygen atoms in total. The number of esters is 6. The number of carbonyl (C=O) groups excluding carboxylic acids is 6. The summed E-state index contributed by atoms with van der Waals surface area (Å²) in [4.78, 5) is 87.8. The van der Waals surface area contributed by atoms with Crippen molar-refractivity contribution in [2.75, 3.05) is 59.4 Å². The zero-order valence-corrected chi connectivity index (χ0v) is 46.3. The van der Waals surface area contributed by atoms with E-state index in [1.807, 2.05) is 6.92 Å². The van der Waals surface area contributed by atoms with E-state index >= 15 is 0 Å². The second-order valence-electron chi connectivity index (χ2n) is 19.1. The Morgan fingerprint density at radius 1 is 0.600 bits per heavy atom. The van der Waals surface area contributed by atoms with Gasteiger partial charge in [0.15, 0.2) is 6.29 Å². The van der Waals surface area contributed by atoms with Crippen molar-refractivity contribution in [3.05, 3.63) is 59.7 Å². The highest BCUT2D eigenvalue weighted by molar-refractivity contribution is 7.54. The minimum Gasteiger partial charge on any atom is -0.481 e. The molecule has 0 radical (unpaired) electrons. The van der Waals surface area contributed by atoms with E-state index < -0.39 is 118 Å². The number of carboxylic acid groups (broad SMARTS) is 1.